The van der Waals surface area contributed by atoms with Crippen molar-refractivity contribution < 1.29 is 4.79 Å². The van der Waals surface area contributed by atoms with E-state index < -0.39 is 5.91 Å². The molecule has 0 aromatic heterocycles. The molecular formula is C23H29N5O. The van der Waals surface area contributed by atoms with E-state index in [4.69, 9.17) is 11.5 Å². The van der Waals surface area contributed by atoms with Gasteiger partial charge in [0.05, 0.1) is 17.8 Å². The van der Waals surface area contributed by atoms with Crippen LogP contribution in [-0.4, -0.2) is 43.3 Å². The fourth-order valence-corrected chi connectivity index (χ4v) is 3.63. The third-order valence-electron chi connectivity index (χ3n) is 5.30. The van der Waals surface area contributed by atoms with Gasteiger partial charge in [0.15, 0.2) is 5.84 Å². The molecule has 6 nitrogen and oxygen atoms in total. The molecule has 1 unspecified atom stereocenters. The molecule has 6 heteroatoms. The van der Waals surface area contributed by atoms with E-state index in [0.717, 1.165) is 37.2 Å². The molecule has 1 aliphatic carbocycles. The molecule has 0 saturated carbocycles. The van der Waals surface area contributed by atoms with Crippen molar-refractivity contribution in [2.45, 2.75) is 12.8 Å². The molecule has 1 aromatic rings. The predicted molar refractivity (Wildman–Crippen MR) is 120 cm³/mol. The minimum atomic E-state index is -0.616. The number of likely N-dealkylation sites (N-methyl/N-ethyl adjacent to an activating group) is 1. The Morgan fingerprint density at radius 2 is 2.10 bits per heavy atom. The zero-order valence-electron chi connectivity index (χ0n) is 17.0. The first kappa shape index (κ1) is 20.6. The molecule has 3 rings (SSSR count). The summed E-state index contributed by atoms with van der Waals surface area (Å²) in [5, 5.41) is 6.34. The van der Waals surface area contributed by atoms with E-state index in [0.29, 0.717) is 18.0 Å². The van der Waals surface area contributed by atoms with Crippen molar-refractivity contribution in [1.29, 1.82) is 0 Å². The number of rotatable bonds is 6. The van der Waals surface area contributed by atoms with E-state index in [1.165, 1.54) is 5.57 Å². The average molecular weight is 392 g/mol. The second kappa shape index (κ2) is 8.92. The molecule has 1 amide bonds. The summed E-state index contributed by atoms with van der Waals surface area (Å²) in [4.78, 5) is 14.1. The van der Waals surface area contributed by atoms with Crippen LogP contribution in [0.15, 0.2) is 71.9 Å². The first-order chi connectivity index (χ1) is 13.8. The van der Waals surface area contributed by atoms with E-state index in [2.05, 4.69) is 42.4 Å². The minimum Gasteiger partial charge on any atom is -0.382 e. The number of carbonyl (C=O) groups excluding carboxylic acids is 1. The fourth-order valence-electron chi connectivity index (χ4n) is 3.63. The second-order valence-electron chi connectivity index (χ2n) is 7.65. The van der Waals surface area contributed by atoms with Crippen LogP contribution in [0.2, 0.25) is 0 Å². The van der Waals surface area contributed by atoms with Crippen LogP contribution in [0.3, 0.4) is 0 Å². The number of hydrazone groups is 1. The molecule has 1 aromatic carbocycles. The van der Waals surface area contributed by atoms with Crippen LogP contribution in [-0.2, 0) is 4.79 Å². The number of fused-ring (bicyclic) bond motifs is 1. The summed E-state index contributed by atoms with van der Waals surface area (Å²) in [5.74, 6) is 0.0157. The maximum atomic E-state index is 11.8. The SMILES string of the molecule is C=C1C=CC(CN(C)CCN2/N=C(N)\C(C(N)=O)=C/C(=C)c3ccccc32)CC1. The van der Waals surface area contributed by atoms with Gasteiger partial charge in [-0.3, -0.25) is 9.80 Å². The lowest BCUT2D eigenvalue weighted by Crippen LogP contribution is -2.36. The fraction of sp³-hybridized carbons (Fsp3) is 0.304. The summed E-state index contributed by atoms with van der Waals surface area (Å²) in [6.45, 7) is 10.5. The van der Waals surface area contributed by atoms with Gasteiger partial charge in [-0.2, -0.15) is 5.10 Å². The number of nitrogens with two attached hydrogens (primary N) is 2. The summed E-state index contributed by atoms with van der Waals surface area (Å²) in [6, 6.07) is 7.83. The van der Waals surface area contributed by atoms with Crippen LogP contribution < -0.4 is 16.5 Å². The van der Waals surface area contributed by atoms with Crippen molar-refractivity contribution in [2.75, 3.05) is 31.7 Å². The van der Waals surface area contributed by atoms with E-state index in [-0.39, 0.29) is 11.4 Å². The topological polar surface area (TPSA) is 87.9 Å². The molecule has 1 aliphatic heterocycles. The third-order valence-corrected chi connectivity index (χ3v) is 5.30. The molecule has 1 heterocycles. The second-order valence-corrected chi connectivity index (χ2v) is 7.65. The lowest BCUT2D eigenvalue weighted by atomic mass is 9.93. The highest BCUT2D eigenvalue weighted by Gasteiger charge is 2.21. The zero-order valence-corrected chi connectivity index (χ0v) is 17.0. The highest BCUT2D eigenvalue weighted by Crippen LogP contribution is 2.30. The molecule has 1 atom stereocenters. The summed E-state index contributed by atoms with van der Waals surface area (Å²) in [5.41, 5.74) is 15.4. The Kier molecular flexibility index (Phi) is 6.34. The first-order valence-corrected chi connectivity index (χ1v) is 9.81. The molecule has 0 saturated heterocycles. The maximum Gasteiger partial charge on any atom is 0.252 e. The molecule has 0 radical (unpaired) electrons. The Morgan fingerprint density at radius 1 is 1.34 bits per heavy atom. The number of amidine groups is 1. The van der Waals surface area contributed by atoms with Crippen molar-refractivity contribution in [1.82, 2.24) is 4.90 Å². The summed E-state index contributed by atoms with van der Waals surface area (Å²) >= 11 is 0. The lowest BCUT2D eigenvalue weighted by Gasteiger charge is -2.29. The Morgan fingerprint density at radius 3 is 2.79 bits per heavy atom. The lowest BCUT2D eigenvalue weighted by molar-refractivity contribution is -0.114. The summed E-state index contributed by atoms with van der Waals surface area (Å²) < 4.78 is 0. The number of carbonyl (C=O) groups is 1. The normalized spacial score (nSPS) is 23.0. The Labute approximate surface area is 172 Å². The Hall–Kier alpha value is -3.12. The number of hydrogen-bond acceptors (Lipinski definition) is 5. The van der Waals surface area contributed by atoms with E-state index in [9.17, 15) is 4.79 Å². The maximum absolute atomic E-state index is 11.8. The number of benzene rings is 1. The van der Waals surface area contributed by atoms with Crippen molar-refractivity contribution in [2.24, 2.45) is 22.5 Å². The van der Waals surface area contributed by atoms with Crippen LogP contribution in [0.1, 0.15) is 18.4 Å². The number of primary amides is 1. The van der Waals surface area contributed by atoms with Gasteiger partial charge < -0.3 is 16.4 Å². The van der Waals surface area contributed by atoms with E-state index in [1.54, 1.807) is 6.08 Å². The number of hydrogen-bond donors (Lipinski definition) is 2. The van der Waals surface area contributed by atoms with Gasteiger partial charge in [-0.05, 0) is 43.5 Å². The number of nitrogens with zero attached hydrogens (tertiary/aromatic N) is 3. The number of allylic oxidation sites excluding steroid dienone is 4. The highest BCUT2D eigenvalue weighted by atomic mass is 16.1. The molecule has 152 valence electrons. The van der Waals surface area contributed by atoms with Crippen LogP contribution >= 0.6 is 0 Å². The van der Waals surface area contributed by atoms with Crippen LogP contribution in [0.5, 0.6) is 0 Å². The van der Waals surface area contributed by atoms with Gasteiger partial charge in [0, 0.05) is 18.7 Å². The van der Waals surface area contributed by atoms with Gasteiger partial charge in [0.1, 0.15) is 0 Å². The Balaban J connectivity index is 1.78. The molecule has 2 aliphatic rings. The van der Waals surface area contributed by atoms with E-state index >= 15 is 0 Å². The number of anilines is 1. The van der Waals surface area contributed by atoms with E-state index in [1.807, 2.05) is 29.3 Å². The van der Waals surface area contributed by atoms with Gasteiger partial charge in [-0.15, -0.1) is 0 Å². The first-order valence-electron chi connectivity index (χ1n) is 9.81. The van der Waals surface area contributed by atoms with Crippen molar-refractivity contribution in [3.05, 3.63) is 72.4 Å². The van der Waals surface area contributed by atoms with Gasteiger partial charge in [0.25, 0.3) is 5.91 Å². The van der Waals surface area contributed by atoms with Crippen LogP contribution in [0.25, 0.3) is 5.57 Å². The van der Waals surface area contributed by atoms with Gasteiger partial charge in [-0.25, -0.2) is 0 Å². The van der Waals surface area contributed by atoms with Crippen molar-refractivity contribution in [3.63, 3.8) is 0 Å². The van der Waals surface area contributed by atoms with Crippen molar-refractivity contribution >= 4 is 23.0 Å². The smallest absolute Gasteiger partial charge is 0.252 e. The van der Waals surface area contributed by atoms with Crippen LogP contribution in [0.4, 0.5) is 5.69 Å². The van der Waals surface area contributed by atoms with Crippen molar-refractivity contribution in [3.8, 4) is 0 Å². The van der Waals surface area contributed by atoms with Crippen LogP contribution in [0, 0.1) is 5.92 Å². The average Bonchev–Trinajstić information content (AvgIpc) is 2.69. The third kappa shape index (κ3) is 5.03. The summed E-state index contributed by atoms with van der Waals surface area (Å²) in [7, 11) is 2.11. The standard InChI is InChI=1S/C23H29N5O/c1-16-8-10-18(11-9-16)15-27(3)12-13-28-21-7-5-4-6-19(21)17(2)14-20(23(25)29)22(24)26-28/h4-8,10,14,18H,1-2,9,11-13,15H2,3H3,(H2,24,26)(H2,25,29)/b20-14+. The largest absolute Gasteiger partial charge is 0.382 e. The summed E-state index contributed by atoms with van der Waals surface area (Å²) in [6.07, 6.45) is 8.17. The van der Waals surface area contributed by atoms with Gasteiger partial charge in [0.2, 0.25) is 0 Å². The van der Waals surface area contributed by atoms with Gasteiger partial charge >= 0.3 is 0 Å². The number of para-hydroxylation sites is 1. The molecule has 0 bridgehead atoms. The molecular weight excluding hydrogens is 362 g/mol. The molecule has 29 heavy (non-hydrogen) atoms. The molecule has 4 N–H and O–H groups in total. The monoisotopic (exact) mass is 391 g/mol. The quantitative estimate of drug-likeness (QED) is 0.780. The number of amides is 1. The van der Waals surface area contributed by atoms with Gasteiger partial charge in [-0.1, -0.05) is 49.1 Å². The zero-order chi connectivity index (χ0) is 21.0. The molecule has 0 spiro atoms. The highest BCUT2D eigenvalue weighted by molar-refractivity contribution is 6.21. The minimum absolute atomic E-state index is 0.101. The molecule has 0 fully saturated rings. The predicted octanol–water partition coefficient (Wildman–Crippen LogP) is 2.66. The Bertz CT molecular complexity index is 912.